The molecule has 0 aliphatic rings. The first kappa shape index (κ1) is 11.3. The van der Waals surface area contributed by atoms with Gasteiger partial charge in [-0.1, -0.05) is 6.07 Å². The van der Waals surface area contributed by atoms with Gasteiger partial charge in [0.1, 0.15) is 5.82 Å². The van der Waals surface area contributed by atoms with E-state index < -0.39 is 0 Å². The molecule has 0 unspecified atom stereocenters. The summed E-state index contributed by atoms with van der Waals surface area (Å²) in [5.41, 5.74) is 7.62. The van der Waals surface area contributed by atoms with Crippen LogP contribution >= 0.6 is 0 Å². The maximum Gasteiger partial charge on any atom is 0.160 e. The molecule has 0 aliphatic carbocycles. The molecule has 0 atom stereocenters. The van der Waals surface area contributed by atoms with Crippen molar-refractivity contribution in [2.24, 2.45) is 0 Å². The molecular weight excluding hydrogens is 218 g/mol. The van der Waals surface area contributed by atoms with E-state index in [1.807, 2.05) is 24.3 Å². The summed E-state index contributed by atoms with van der Waals surface area (Å²) < 4.78 is 10.4. The molecule has 2 rings (SSSR count). The molecule has 5 nitrogen and oxygen atoms in total. The summed E-state index contributed by atoms with van der Waals surface area (Å²) >= 11 is 0. The average Bonchev–Trinajstić information content (AvgIpc) is 2.74. The smallest absolute Gasteiger partial charge is 0.160 e. The van der Waals surface area contributed by atoms with Crippen LogP contribution in [0.3, 0.4) is 0 Å². The fraction of sp³-hybridized carbons (Fsp3) is 0.250. The van der Waals surface area contributed by atoms with Crippen molar-refractivity contribution in [1.29, 1.82) is 0 Å². The zero-order chi connectivity index (χ0) is 12.3. The number of nitrogen functional groups attached to an aromatic ring is 1. The molecule has 3 N–H and O–H groups in total. The molecule has 0 aliphatic heterocycles. The van der Waals surface area contributed by atoms with E-state index in [0.717, 1.165) is 29.2 Å². The number of nitrogens with zero attached hydrogens (tertiary/aromatic N) is 1. The summed E-state index contributed by atoms with van der Waals surface area (Å²) in [5, 5.41) is 6.76. The molecule has 0 radical (unpaired) electrons. The zero-order valence-electron chi connectivity index (χ0n) is 9.86. The van der Waals surface area contributed by atoms with Crippen molar-refractivity contribution in [2.45, 2.75) is 6.42 Å². The quantitative estimate of drug-likeness (QED) is 0.841. The molecule has 1 heterocycles. The molecule has 5 heteroatoms. The Morgan fingerprint density at radius 3 is 2.53 bits per heavy atom. The Bertz CT molecular complexity index is 508. The second-order valence-corrected chi connectivity index (χ2v) is 3.68. The molecule has 0 saturated carbocycles. The predicted octanol–water partition coefficient (Wildman–Crippen LogP) is 1.60. The Morgan fingerprint density at radius 2 is 1.94 bits per heavy atom. The van der Waals surface area contributed by atoms with Crippen LogP contribution in [-0.4, -0.2) is 24.4 Å². The third-order valence-corrected chi connectivity index (χ3v) is 2.49. The minimum Gasteiger partial charge on any atom is -0.493 e. The first-order valence-electron chi connectivity index (χ1n) is 5.23. The summed E-state index contributed by atoms with van der Waals surface area (Å²) in [6.07, 6.45) is 0.727. The number of rotatable bonds is 4. The number of anilines is 1. The van der Waals surface area contributed by atoms with Gasteiger partial charge in [0.15, 0.2) is 11.5 Å². The van der Waals surface area contributed by atoms with Gasteiger partial charge in [0.05, 0.1) is 14.2 Å². The fourth-order valence-electron chi connectivity index (χ4n) is 1.68. The van der Waals surface area contributed by atoms with E-state index in [4.69, 9.17) is 15.2 Å². The number of benzene rings is 1. The van der Waals surface area contributed by atoms with Crippen LogP contribution < -0.4 is 15.2 Å². The first-order chi connectivity index (χ1) is 8.22. The Kier molecular flexibility index (Phi) is 3.18. The molecular formula is C12H15N3O2. The van der Waals surface area contributed by atoms with E-state index in [0.29, 0.717) is 5.82 Å². The highest BCUT2D eigenvalue weighted by molar-refractivity contribution is 5.44. The topological polar surface area (TPSA) is 73.2 Å². The van der Waals surface area contributed by atoms with Gasteiger partial charge >= 0.3 is 0 Å². The number of nitrogens with two attached hydrogens (primary N) is 1. The normalized spacial score (nSPS) is 10.2. The van der Waals surface area contributed by atoms with Gasteiger partial charge < -0.3 is 15.2 Å². The lowest BCUT2D eigenvalue weighted by Crippen LogP contribution is -1.94. The Morgan fingerprint density at radius 1 is 1.18 bits per heavy atom. The largest absolute Gasteiger partial charge is 0.493 e. The van der Waals surface area contributed by atoms with E-state index in [9.17, 15) is 0 Å². The van der Waals surface area contributed by atoms with Crippen LogP contribution in [0.1, 0.15) is 11.3 Å². The minimum absolute atomic E-state index is 0.500. The Balaban J connectivity index is 2.22. The lowest BCUT2D eigenvalue weighted by Gasteiger charge is -2.08. The summed E-state index contributed by atoms with van der Waals surface area (Å²) in [5.74, 6) is 1.94. The SMILES string of the molecule is COc1ccc(Cc2cc(N)n[nH]2)cc1OC. The van der Waals surface area contributed by atoms with Gasteiger partial charge in [0, 0.05) is 18.2 Å². The number of methoxy groups -OCH3 is 2. The van der Waals surface area contributed by atoms with Crippen molar-refractivity contribution in [3.8, 4) is 11.5 Å². The van der Waals surface area contributed by atoms with E-state index in [1.165, 1.54) is 0 Å². The van der Waals surface area contributed by atoms with E-state index in [1.54, 1.807) is 14.2 Å². The van der Waals surface area contributed by atoms with Crippen molar-refractivity contribution < 1.29 is 9.47 Å². The molecule has 1 aromatic heterocycles. The van der Waals surface area contributed by atoms with Crippen molar-refractivity contribution >= 4 is 5.82 Å². The third-order valence-electron chi connectivity index (χ3n) is 2.49. The van der Waals surface area contributed by atoms with Crippen molar-refractivity contribution in [2.75, 3.05) is 20.0 Å². The van der Waals surface area contributed by atoms with Crippen LogP contribution in [0.25, 0.3) is 0 Å². The molecule has 0 bridgehead atoms. The summed E-state index contributed by atoms with van der Waals surface area (Å²) in [7, 11) is 3.24. The summed E-state index contributed by atoms with van der Waals surface area (Å²) in [4.78, 5) is 0. The van der Waals surface area contributed by atoms with Crippen LogP contribution in [0.4, 0.5) is 5.82 Å². The van der Waals surface area contributed by atoms with Gasteiger partial charge in [0.2, 0.25) is 0 Å². The highest BCUT2D eigenvalue weighted by atomic mass is 16.5. The van der Waals surface area contributed by atoms with E-state index in [-0.39, 0.29) is 0 Å². The second-order valence-electron chi connectivity index (χ2n) is 3.68. The molecule has 17 heavy (non-hydrogen) atoms. The number of ether oxygens (including phenoxy) is 2. The molecule has 0 fully saturated rings. The lowest BCUT2D eigenvalue weighted by atomic mass is 10.1. The average molecular weight is 233 g/mol. The summed E-state index contributed by atoms with van der Waals surface area (Å²) in [6, 6.07) is 7.62. The van der Waals surface area contributed by atoms with Crippen LogP contribution in [0.5, 0.6) is 11.5 Å². The molecule has 0 spiro atoms. The van der Waals surface area contributed by atoms with Crippen LogP contribution in [0, 0.1) is 0 Å². The first-order valence-corrected chi connectivity index (χ1v) is 5.23. The standard InChI is InChI=1S/C12H15N3O2/c1-16-10-4-3-8(6-11(10)17-2)5-9-7-12(13)15-14-9/h3-4,6-7H,5H2,1-2H3,(H3,13,14,15). The predicted molar refractivity (Wildman–Crippen MR) is 65.4 cm³/mol. The van der Waals surface area contributed by atoms with Crippen molar-refractivity contribution in [1.82, 2.24) is 10.2 Å². The molecule has 0 saturated heterocycles. The fourth-order valence-corrected chi connectivity index (χ4v) is 1.68. The number of H-pyrrole nitrogens is 1. The van der Waals surface area contributed by atoms with Crippen LogP contribution in [-0.2, 0) is 6.42 Å². The van der Waals surface area contributed by atoms with Crippen LogP contribution in [0.2, 0.25) is 0 Å². The van der Waals surface area contributed by atoms with Gasteiger partial charge in [-0.25, -0.2) is 0 Å². The Hall–Kier alpha value is -2.17. The van der Waals surface area contributed by atoms with E-state index in [2.05, 4.69) is 10.2 Å². The summed E-state index contributed by atoms with van der Waals surface area (Å²) in [6.45, 7) is 0. The number of hydrogen-bond donors (Lipinski definition) is 2. The van der Waals surface area contributed by atoms with Crippen molar-refractivity contribution in [3.05, 3.63) is 35.5 Å². The van der Waals surface area contributed by atoms with E-state index >= 15 is 0 Å². The molecule has 90 valence electrons. The van der Waals surface area contributed by atoms with Gasteiger partial charge in [-0.2, -0.15) is 5.10 Å². The second kappa shape index (κ2) is 4.78. The zero-order valence-corrected chi connectivity index (χ0v) is 9.86. The number of hydrogen-bond acceptors (Lipinski definition) is 4. The maximum absolute atomic E-state index is 5.55. The monoisotopic (exact) mass is 233 g/mol. The van der Waals surface area contributed by atoms with Gasteiger partial charge in [-0.05, 0) is 17.7 Å². The number of aromatic amines is 1. The van der Waals surface area contributed by atoms with Crippen molar-refractivity contribution in [3.63, 3.8) is 0 Å². The number of nitrogens with one attached hydrogen (secondary N) is 1. The van der Waals surface area contributed by atoms with Gasteiger partial charge in [-0.3, -0.25) is 5.10 Å². The Labute approximate surface area is 99.5 Å². The third kappa shape index (κ3) is 2.50. The number of aromatic nitrogens is 2. The minimum atomic E-state index is 0.500. The highest BCUT2D eigenvalue weighted by Gasteiger charge is 2.06. The van der Waals surface area contributed by atoms with Crippen LogP contribution in [0.15, 0.2) is 24.3 Å². The molecule has 2 aromatic rings. The molecule has 0 amide bonds. The molecule has 1 aromatic carbocycles. The maximum atomic E-state index is 5.55. The van der Waals surface area contributed by atoms with Gasteiger partial charge in [-0.15, -0.1) is 0 Å². The van der Waals surface area contributed by atoms with Gasteiger partial charge in [0.25, 0.3) is 0 Å². The highest BCUT2D eigenvalue weighted by Crippen LogP contribution is 2.28. The lowest BCUT2D eigenvalue weighted by molar-refractivity contribution is 0.354.